The van der Waals surface area contributed by atoms with Gasteiger partial charge in [-0.25, -0.2) is 0 Å². The van der Waals surface area contributed by atoms with Gasteiger partial charge in [0.2, 0.25) is 0 Å². The standard InChI is InChI=1S/C13H20Cl2N2/c1-3-17(4-2)9-11(8-16)10-5-6-12(14)13(15)7-10/h5-7,11H,3-4,8-9,16H2,1-2H3. The van der Waals surface area contributed by atoms with Gasteiger partial charge in [-0.3, -0.25) is 0 Å². The highest BCUT2D eigenvalue weighted by atomic mass is 35.5. The van der Waals surface area contributed by atoms with E-state index in [1.165, 1.54) is 0 Å². The molecule has 1 aromatic carbocycles. The van der Waals surface area contributed by atoms with Gasteiger partial charge in [0.05, 0.1) is 10.0 Å². The molecule has 0 radical (unpaired) electrons. The first-order chi connectivity index (χ1) is 8.12. The molecule has 0 spiro atoms. The third-order valence-corrected chi connectivity index (χ3v) is 3.81. The molecule has 0 fully saturated rings. The van der Waals surface area contributed by atoms with Gasteiger partial charge in [0, 0.05) is 19.0 Å². The highest BCUT2D eigenvalue weighted by Crippen LogP contribution is 2.26. The summed E-state index contributed by atoms with van der Waals surface area (Å²) in [5.41, 5.74) is 7.01. The zero-order valence-corrected chi connectivity index (χ0v) is 11.9. The number of hydrogen-bond donors (Lipinski definition) is 1. The summed E-state index contributed by atoms with van der Waals surface area (Å²) in [6.07, 6.45) is 0. The minimum Gasteiger partial charge on any atom is -0.330 e. The molecule has 0 saturated heterocycles. The van der Waals surface area contributed by atoms with Gasteiger partial charge in [0.15, 0.2) is 0 Å². The Morgan fingerprint density at radius 3 is 2.29 bits per heavy atom. The van der Waals surface area contributed by atoms with Crippen LogP contribution in [-0.2, 0) is 0 Å². The van der Waals surface area contributed by atoms with E-state index in [4.69, 9.17) is 28.9 Å². The molecule has 2 nitrogen and oxygen atoms in total. The van der Waals surface area contributed by atoms with Crippen LogP contribution in [0.2, 0.25) is 10.0 Å². The van der Waals surface area contributed by atoms with Crippen LogP contribution >= 0.6 is 23.2 Å². The first-order valence-corrected chi connectivity index (χ1v) is 6.75. The van der Waals surface area contributed by atoms with Gasteiger partial charge in [-0.05, 0) is 30.8 Å². The summed E-state index contributed by atoms with van der Waals surface area (Å²) in [6.45, 7) is 7.97. The monoisotopic (exact) mass is 274 g/mol. The fraction of sp³-hybridized carbons (Fsp3) is 0.538. The van der Waals surface area contributed by atoms with Crippen molar-refractivity contribution in [3.8, 4) is 0 Å². The third-order valence-electron chi connectivity index (χ3n) is 3.07. The second-order valence-corrected chi connectivity index (χ2v) is 4.91. The van der Waals surface area contributed by atoms with Gasteiger partial charge < -0.3 is 10.6 Å². The van der Waals surface area contributed by atoms with Crippen molar-refractivity contribution in [1.29, 1.82) is 0 Å². The van der Waals surface area contributed by atoms with Gasteiger partial charge in [-0.1, -0.05) is 43.1 Å². The van der Waals surface area contributed by atoms with Crippen molar-refractivity contribution in [3.63, 3.8) is 0 Å². The Bertz CT molecular complexity index is 351. The lowest BCUT2D eigenvalue weighted by molar-refractivity contribution is 0.284. The van der Waals surface area contributed by atoms with Crippen molar-refractivity contribution in [2.24, 2.45) is 5.73 Å². The van der Waals surface area contributed by atoms with Gasteiger partial charge in [-0.15, -0.1) is 0 Å². The number of nitrogens with zero attached hydrogens (tertiary/aromatic N) is 1. The molecule has 0 aliphatic carbocycles. The van der Waals surface area contributed by atoms with Crippen LogP contribution in [0.25, 0.3) is 0 Å². The molecular weight excluding hydrogens is 255 g/mol. The molecule has 0 amide bonds. The van der Waals surface area contributed by atoms with E-state index in [1.807, 2.05) is 18.2 Å². The van der Waals surface area contributed by atoms with E-state index in [0.717, 1.165) is 25.2 Å². The zero-order valence-electron chi connectivity index (χ0n) is 10.4. The van der Waals surface area contributed by atoms with E-state index in [2.05, 4.69) is 18.7 Å². The summed E-state index contributed by atoms with van der Waals surface area (Å²) in [7, 11) is 0. The SMILES string of the molecule is CCN(CC)CC(CN)c1ccc(Cl)c(Cl)c1. The number of nitrogens with two attached hydrogens (primary N) is 1. The number of halogens is 2. The average Bonchev–Trinajstić information content (AvgIpc) is 2.35. The number of hydrogen-bond acceptors (Lipinski definition) is 2. The Morgan fingerprint density at radius 2 is 1.82 bits per heavy atom. The van der Waals surface area contributed by atoms with Crippen molar-refractivity contribution in [1.82, 2.24) is 4.90 Å². The van der Waals surface area contributed by atoms with Gasteiger partial charge in [0.25, 0.3) is 0 Å². The quantitative estimate of drug-likeness (QED) is 0.862. The van der Waals surface area contributed by atoms with Crippen LogP contribution < -0.4 is 5.73 Å². The molecule has 1 aromatic rings. The van der Waals surface area contributed by atoms with Crippen LogP contribution in [-0.4, -0.2) is 31.1 Å². The minimum atomic E-state index is 0.310. The maximum absolute atomic E-state index is 6.03. The third kappa shape index (κ3) is 4.14. The Morgan fingerprint density at radius 1 is 1.18 bits per heavy atom. The van der Waals surface area contributed by atoms with Crippen LogP contribution in [0.4, 0.5) is 0 Å². The molecule has 1 unspecified atom stereocenters. The van der Waals surface area contributed by atoms with Crippen LogP contribution in [0.15, 0.2) is 18.2 Å². The molecule has 2 N–H and O–H groups in total. The Balaban J connectivity index is 2.82. The maximum Gasteiger partial charge on any atom is 0.0595 e. The fourth-order valence-electron chi connectivity index (χ4n) is 1.88. The van der Waals surface area contributed by atoms with Crippen molar-refractivity contribution in [2.45, 2.75) is 19.8 Å². The average molecular weight is 275 g/mol. The highest BCUT2D eigenvalue weighted by Gasteiger charge is 2.14. The molecule has 0 aliphatic heterocycles. The number of rotatable bonds is 6. The highest BCUT2D eigenvalue weighted by molar-refractivity contribution is 6.42. The lowest BCUT2D eigenvalue weighted by Gasteiger charge is -2.24. The summed E-state index contributed by atoms with van der Waals surface area (Å²) in [4.78, 5) is 2.36. The summed E-state index contributed by atoms with van der Waals surface area (Å²) < 4.78 is 0. The predicted octanol–water partition coefficient (Wildman–Crippen LogP) is 3.38. The smallest absolute Gasteiger partial charge is 0.0595 e. The topological polar surface area (TPSA) is 29.3 Å². The Kier molecular flexibility index (Phi) is 6.28. The number of benzene rings is 1. The van der Waals surface area contributed by atoms with Crippen molar-refractivity contribution < 1.29 is 0 Å². The molecule has 0 saturated carbocycles. The largest absolute Gasteiger partial charge is 0.330 e. The second kappa shape index (κ2) is 7.22. The van der Waals surface area contributed by atoms with E-state index in [9.17, 15) is 0 Å². The molecule has 0 aromatic heterocycles. The predicted molar refractivity (Wildman–Crippen MR) is 76.0 cm³/mol. The van der Waals surface area contributed by atoms with Crippen molar-refractivity contribution >= 4 is 23.2 Å². The normalized spacial score (nSPS) is 13.1. The molecule has 17 heavy (non-hydrogen) atoms. The lowest BCUT2D eigenvalue weighted by atomic mass is 9.98. The van der Waals surface area contributed by atoms with Crippen molar-refractivity contribution in [3.05, 3.63) is 33.8 Å². The van der Waals surface area contributed by atoms with Crippen LogP contribution in [0.1, 0.15) is 25.3 Å². The summed E-state index contributed by atoms with van der Waals surface area (Å²) in [5, 5.41) is 1.19. The van der Waals surface area contributed by atoms with Gasteiger partial charge >= 0.3 is 0 Å². The summed E-state index contributed by atoms with van der Waals surface area (Å²) in [5.74, 6) is 0.310. The molecule has 1 atom stereocenters. The van der Waals surface area contributed by atoms with Gasteiger partial charge in [0.1, 0.15) is 0 Å². The van der Waals surface area contributed by atoms with Crippen LogP contribution in [0.5, 0.6) is 0 Å². The first kappa shape index (κ1) is 14.8. The van der Waals surface area contributed by atoms with Gasteiger partial charge in [-0.2, -0.15) is 0 Å². The van der Waals surface area contributed by atoms with E-state index in [-0.39, 0.29) is 0 Å². The lowest BCUT2D eigenvalue weighted by Crippen LogP contribution is -2.31. The van der Waals surface area contributed by atoms with E-state index in [0.29, 0.717) is 22.5 Å². The molecule has 96 valence electrons. The molecule has 4 heteroatoms. The Hall–Kier alpha value is -0.280. The minimum absolute atomic E-state index is 0.310. The maximum atomic E-state index is 6.03. The second-order valence-electron chi connectivity index (χ2n) is 4.09. The molecule has 1 rings (SSSR count). The van der Waals surface area contributed by atoms with E-state index in [1.54, 1.807) is 0 Å². The summed E-state index contributed by atoms with van der Waals surface area (Å²) >= 11 is 11.9. The fourth-order valence-corrected chi connectivity index (χ4v) is 2.18. The van der Waals surface area contributed by atoms with E-state index < -0.39 is 0 Å². The molecule has 0 heterocycles. The molecular formula is C13H20Cl2N2. The van der Waals surface area contributed by atoms with Crippen molar-refractivity contribution in [2.75, 3.05) is 26.2 Å². The van der Waals surface area contributed by atoms with E-state index >= 15 is 0 Å². The molecule has 0 aliphatic rings. The summed E-state index contributed by atoms with van der Waals surface area (Å²) in [6, 6.07) is 5.77. The zero-order chi connectivity index (χ0) is 12.8. The first-order valence-electron chi connectivity index (χ1n) is 5.99. The molecule has 0 bridgehead atoms. The van der Waals surface area contributed by atoms with Crippen LogP contribution in [0, 0.1) is 0 Å². The Labute approximate surface area is 114 Å². The van der Waals surface area contributed by atoms with Crippen LogP contribution in [0.3, 0.4) is 0 Å². The number of likely N-dealkylation sites (N-methyl/N-ethyl adjacent to an activating group) is 1.